The van der Waals surface area contributed by atoms with Gasteiger partial charge < -0.3 is 15.5 Å². The van der Waals surface area contributed by atoms with Crippen molar-refractivity contribution in [1.29, 1.82) is 5.26 Å². The maximum atomic E-state index is 12.2. The summed E-state index contributed by atoms with van der Waals surface area (Å²) in [5, 5.41) is 30.2. The number of anilines is 1. The molecule has 0 aliphatic carbocycles. The predicted molar refractivity (Wildman–Crippen MR) is 77.7 cm³/mol. The monoisotopic (exact) mass is 302 g/mol. The van der Waals surface area contributed by atoms with E-state index < -0.39 is 12.2 Å². The minimum absolute atomic E-state index is 0.0857. The van der Waals surface area contributed by atoms with Crippen molar-refractivity contribution in [2.75, 3.05) is 5.32 Å². The minimum Gasteiger partial charge on any atom is -0.364 e. The number of aliphatic hydroxyl groups is 2. The van der Waals surface area contributed by atoms with Gasteiger partial charge in [0, 0.05) is 11.1 Å². The van der Waals surface area contributed by atoms with Crippen molar-refractivity contribution in [1.82, 2.24) is 0 Å². The Labute approximate surface area is 126 Å². The van der Waals surface area contributed by atoms with E-state index in [1.165, 1.54) is 30.3 Å². The van der Waals surface area contributed by atoms with E-state index in [4.69, 9.17) is 16.9 Å². The van der Waals surface area contributed by atoms with E-state index in [1.54, 1.807) is 12.1 Å². The van der Waals surface area contributed by atoms with E-state index in [2.05, 4.69) is 5.32 Å². The van der Waals surface area contributed by atoms with Crippen LogP contribution in [-0.4, -0.2) is 16.1 Å². The molecule has 6 heteroatoms. The molecule has 0 aliphatic heterocycles. The molecule has 2 aromatic carbocycles. The SMILES string of the molecule is N#Cc1ccc(Cl)c(NC(=O)c2ccccc2C(O)O)c1. The highest BCUT2D eigenvalue weighted by Crippen LogP contribution is 2.24. The molecule has 0 unspecified atom stereocenters. The van der Waals surface area contributed by atoms with Crippen LogP contribution in [0.2, 0.25) is 5.02 Å². The summed E-state index contributed by atoms with van der Waals surface area (Å²) in [6.45, 7) is 0. The molecular formula is C15H11ClN2O3. The number of nitriles is 1. The van der Waals surface area contributed by atoms with E-state index in [0.717, 1.165) is 0 Å². The first kappa shape index (κ1) is 15.0. The zero-order valence-electron chi connectivity index (χ0n) is 10.7. The van der Waals surface area contributed by atoms with Gasteiger partial charge in [-0.15, -0.1) is 0 Å². The van der Waals surface area contributed by atoms with Crippen LogP contribution in [0, 0.1) is 11.3 Å². The van der Waals surface area contributed by atoms with Crippen LogP contribution in [-0.2, 0) is 0 Å². The lowest BCUT2D eigenvalue weighted by molar-refractivity contribution is -0.0429. The van der Waals surface area contributed by atoms with E-state index in [-0.39, 0.29) is 21.8 Å². The number of carbonyl (C=O) groups excluding carboxylic acids is 1. The zero-order valence-corrected chi connectivity index (χ0v) is 11.5. The number of nitrogens with zero attached hydrogens (tertiary/aromatic N) is 1. The highest BCUT2D eigenvalue weighted by molar-refractivity contribution is 6.34. The molecule has 1 amide bonds. The summed E-state index contributed by atoms with van der Waals surface area (Å²) in [4.78, 5) is 12.2. The molecule has 106 valence electrons. The number of benzene rings is 2. The highest BCUT2D eigenvalue weighted by Gasteiger charge is 2.16. The molecule has 0 saturated heterocycles. The molecule has 2 rings (SSSR count). The van der Waals surface area contributed by atoms with E-state index >= 15 is 0 Å². The fraction of sp³-hybridized carbons (Fsp3) is 0.0667. The standard InChI is InChI=1S/C15H11ClN2O3/c16-12-6-5-9(8-17)7-13(12)18-14(19)10-3-1-2-4-11(10)15(20)21/h1-7,15,20-21H,(H,18,19). The van der Waals surface area contributed by atoms with Crippen molar-refractivity contribution in [3.63, 3.8) is 0 Å². The molecular weight excluding hydrogens is 292 g/mol. The van der Waals surface area contributed by atoms with Crippen molar-refractivity contribution in [3.05, 3.63) is 64.2 Å². The van der Waals surface area contributed by atoms with Crippen LogP contribution >= 0.6 is 11.6 Å². The zero-order chi connectivity index (χ0) is 15.4. The maximum Gasteiger partial charge on any atom is 0.256 e. The highest BCUT2D eigenvalue weighted by atomic mass is 35.5. The molecule has 0 spiro atoms. The van der Waals surface area contributed by atoms with Gasteiger partial charge in [-0.1, -0.05) is 29.8 Å². The van der Waals surface area contributed by atoms with Crippen LogP contribution in [0.3, 0.4) is 0 Å². The second-order valence-corrected chi connectivity index (χ2v) is 4.63. The molecule has 0 aromatic heterocycles. The van der Waals surface area contributed by atoms with Crippen LogP contribution in [0.25, 0.3) is 0 Å². The summed E-state index contributed by atoms with van der Waals surface area (Å²) >= 11 is 5.96. The minimum atomic E-state index is -1.76. The van der Waals surface area contributed by atoms with Gasteiger partial charge >= 0.3 is 0 Å². The smallest absolute Gasteiger partial charge is 0.256 e. The Balaban J connectivity index is 2.33. The van der Waals surface area contributed by atoms with E-state index in [9.17, 15) is 15.0 Å². The van der Waals surface area contributed by atoms with Gasteiger partial charge in [0.1, 0.15) is 0 Å². The number of amides is 1. The lowest BCUT2D eigenvalue weighted by Crippen LogP contribution is -2.16. The molecule has 0 heterocycles. The van der Waals surface area contributed by atoms with Crippen LogP contribution in [0.4, 0.5) is 5.69 Å². The largest absolute Gasteiger partial charge is 0.364 e. The average Bonchev–Trinajstić information content (AvgIpc) is 2.49. The number of hydrogen-bond acceptors (Lipinski definition) is 4. The number of hydrogen-bond donors (Lipinski definition) is 3. The van der Waals surface area contributed by atoms with Crippen molar-refractivity contribution < 1.29 is 15.0 Å². The second kappa shape index (κ2) is 6.37. The summed E-state index contributed by atoms with van der Waals surface area (Å²) < 4.78 is 0. The summed E-state index contributed by atoms with van der Waals surface area (Å²) in [5.74, 6) is -0.546. The molecule has 3 N–H and O–H groups in total. The number of aliphatic hydroxyl groups excluding tert-OH is 1. The van der Waals surface area contributed by atoms with Gasteiger partial charge in [0.25, 0.3) is 5.91 Å². The predicted octanol–water partition coefficient (Wildman–Crippen LogP) is 2.45. The summed E-state index contributed by atoms with van der Waals surface area (Å²) in [7, 11) is 0. The number of rotatable bonds is 3. The Kier molecular flexibility index (Phi) is 4.55. The molecule has 0 aliphatic rings. The quantitative estimate of drug-likeness (QED) is 0.759. The number of carbonyl (C=O) groups is 1. The van der Waals surface area contributed by atoms with Crippen molar-refractivity contribution >= 4 is 23.2 Å². The lowest BCUT2D eigenvalue weighted by Gasteiger charge is -2.12. The fourth-order valence-corrected chi connectivity index (χ4v) is 1.97. The van der Waals surface area contributed by atoms with Gasteiger partial charge in [-0.3, -0.25) is 4.79 Å². The maximum absolute atomic E-state index is 12.2. The summed E-state index contributed by atoms with van der Waals surface area (Å²) in [5.41, 5.74) is 0.835. The van der Waals surface area contributed by atoms with E-state index in [1.807, 2.05) is 6.07 Å². The van der Waals surface area contributed by atoms with Crippen LogP contribution in [0.1, 0.15) is 27.8 Å². The van der Waals surface area contributed by atoms with E-state index in [0.29, 0.717) is 5.56 Å². The van der Waals surface area contributed by atoms with Gasteiger partial charge in [-0.05, 0) is 24.3 Å². The first-order chi connectivity index (χ1) is 10.0. The van der Waals surface area contributed by atoms with Gasteiger partial charge in [0.2, 0.25) is 0 Å². The topological polar surface area (TPSA) is 93.4 Å². The van der Waals surface area contributed by atoms with Gasteiger partial charge in [0.15, 0.2) is 6.29 Å². The molecule has 0 radical (unpaired) electrons. The van der Waals surface area contributed by atoms with Crippen LogP contribution in [0.5, 0.6) is 0 Å². The van der Waals surface area contributed by atoms with Gasteiger partial charge in [-0.2, -0.15) is 5.26 Å². The van der Waals surface area contributed by atoms with Gasteiger partial charge in [-0.25, -0.2) is 0 Å². The van der Waals surface area contributed by atoms with Crippen molar-refractivity contribution in [3.8, 4) is 6.07 Å². The molecule has 0 atom stereocenters. The molecule has 0 fully saturated rings. The molecule has 0 saturated carbocycles. The third kappa shape index (κ3) is 3.38. The molecule has 0 bridgehead atoms. The summed E-state index contributed by atoms with van der Waals surface area (Å²) in [6.07, 6.45) is -1.76. The van der Waals surface area contributed by atoms with Crippen LogP contribution < -0.4 is 5.32 Å². The first-order valence-corrected chi connectivity index (χ1v) is 6.37. The third-order valence-electron chi connectivity index (χ3n) is 2.83. The number of nitrogens with one attached hydrogen (secondary N) is 1. The Hall–Kier alpha value is -2.39. The molecule has 5 nitrogen and oxygen atoms in total. The lowest BCUT2D eigenvalue weighted by atomic mass is 10.1. The molecule has 2 aromatic rings. The van der Waals surface area contributed by atoms with Crippen molar-refractivity contribution in [2.45, 2.75) is 6.29 Å². The normalized spacial score (nSPS) is 10.2. The Morgan fingerprint density at radius 3 is 2.62 bits per heavy atom. The molecule has 21 heavy (non-hydrogen) atoms. The Bertz CT molecular complexity index is 723. The van der Waals surface area contributed by atoms with Crippen molar-refractivity contribution in [2.24, 2.45) is 0 Å². The summed E-state index contributed by atoms with van der Waals surface area (Å²) in [6, 6.07) is 12.5. The first-order valence-electron chi connectivity index (χ1n) is 5.99. The average molecular weight is 303 g/mol. The third-order valence-corrected chi connectivity index (χ3v) is 3.16. The van der Waals surface area contributed by atoms with Crippen LogP contribution in [0.15, 0.2) is 42.5 Å². The fourth-order valence-electron chi connectivity index (χ4n) is 1.81. The second-order valence-electron chi connectivity index (χ2n) is 4.22. The Morgan fingerprint density at radius 1 is 1.24 bits per heavy atom. The Morgan fingerprint density at radius 2 is 1.95 bits per heavy atom. The van der Waals surface area contributed by atoms with Gasteiger partial charge in [0.05, 0.1) is 22.3 Å². The number of halogens is 1.